The van der Waals surface area contributed by atoms with Crippen LogP contribution < -0.4 is 4.74 Å². The van der Waals surface area contributed by atoms with Crippen molar-refractivity contribution >= 4 is 15.9 Å². The Hall–Kier alpha value is -1.22. The van der Waals surface area contributed by atoms with Gasteiger partial charge in [-0.1, -0.05) is 29.8 Å². The third-order valence-electron chi connectivity index (χ3n) is 3.73. The van der Waals surface area contributed by atoms with E-state index in [4.69, 9.17) is 10.00 Å². The summed E-state index contributed by atoms with van der Waals surface area (Å²) in [5, 5.41) is 9.39. The van der Waals surface area contributed by atoms with E-state index < -0.39 is 11.7 Å². The normalized spacial score (nSPS) is 12.0. The zero-order valence-electron chi connectivity index (χ0n) is 11.9. The molecule has 21 heavy (non-hydrogen) atoms. The second-order valence-electron chi connectivity index (χ2n) is 4.95. The van der Waals surface area contributed by atoms with Crippen LogP contribution in [0.4, 0.5) is 13.2 Å². The first kappa shape index (κ1) is 17.8. The van der Waals surface area contributed by atoms with Crippen molar-refractivity contribution in [3.8, 4) is 11.8 Å². The molecule has 0 spiro atoms. The number of hydrogen-bond acceptors (Lipinski definition) is 2. The van der Waals surface area contributed by atoms with E-state index in [0.29, 0.717) is 5.33 Å². The topological polar surface area (TPSA) is 33.0 Å². The van der Waals surface area contributed by atoms with E-state index in [0.717, 1.165) is 18.9 Å². The molecule has 1 aromatic carbocycles. The van der Waals surface area contributed by atoms with E-state index in [1.807, 2.05) is 13.8 Å². The van der Waals surface area contributed by atoms with E-state index in [1.54, 1.807) is 6.07 Å². The lowest BCUT2D eigenvalue weighted by Gasteiger charge is -2.29. The molecule has 0 aliphatic heterocycles. The average Bonchev–Trinajstić information content (AvgIpc) is 2.48. The third-order valence-corrected chi connectivity index (χ3v) is 4.92. The van der Waals surface area contributed by atoms with Crippen LogP contribution in [0, 0.1) is 16.7 Å². The fourth-order valence-corrected chi connectivity index (χ4v) is 2.81. The Bertz CT molecular complexity index is 510. The van der Waals surface area contributed by atoms with Gasteiger partial charge in [-0.2, -0.15) is 18.4 Å². The number of rotatable bonds is 6. The lowest BCUT2D eigenvalue weighted by atomic mass is 9.86. The van der Waals surface area contributed by atoms with Gasteiger partial charge in [-0.15, -0.1) is 0 Å². The first-order chi connectivity index (χ1) is 9.81. The van der Waals surface area contributed by atoms with Gasteiger partial charge in [0.25, 0.3) is 0 Å². The average molecular weight is 364 g/mol. The number of benzene rings is 1. The molecule has 0 radical (unpaired) electrons. The van der Waals surface area contributed by atoms with E-state index in [1.165, 1.54) is 12.1 Å². The van der Waals surface area contributed by atoms with Crippen LogP contribution in [0.5, 0.6) is 5.75 Å². The molecule has 1 rings (SSSR count). The number of halogens is 4. The molecule has 0 amide bonds. The van der Waals surface area contributed by atoms with Crippen molar-refractivity contribution in [3.05, 3.63) is 29.3 Å². The second-order valence-corrected chi connectivity index (χ2v) is 5.51. The Kier molecular flexibility index (Phi) is 6.09. The lowest BCUT2D eigenvalue weighted by Crippen LogP contribution is -2.29. The number of ether oxygens (including phenoxy) is 1. The summed E-state index contributed by atoms with van der Waals surface area (Å²) in [5.41, 5.74) is -1.14. The minimum absolute atomic E-state index is 0.0348. The molecule has 0 fully saturated rings. The summed E-state index contributed by atoms with van der Waals surface area (Å²) in [6.45, 7) is 4.16. The highest BCUT2D eigenvalue weighted by Gasteiger charge is 2.35. The quantitative estimate of drug-likeness (QED) is 0.654. The van der Waals surface area contributed by atoms with Gasteiger partial charge in [0.2, 0.25) is 0 Å². The van der Waals surface area contributed by atoms with Crippen molar-refractivity contribution < 1.29 is 17.9 Å². The molecule has 0 saturated carbocycles. The zero-order valence-corrected chi connectivity index (χ0v) is 13.5. The molecule has 0 saturated heterocycles. The first-order valence-electron chi connectivity index (χ1n) is 6.62. The van der Waals surface area contributed by atoms with E-state index in [9.17, 15) is 13.2 Å². The van der Waals surface area contributed by atoms with Crippen LogP contribution in [0.25, 0.3) is 0 Å². The summed E-state index contributed by atoms with van der Waals surface area (Å²) < 4.78 is 44.5. The number of nitrogens with zero attached hydrogens (tertiary/aromatic N) is 1. The van der Waals surface area contributed by atoms with Gasteiger partial charge >= 0.3 is 6.18 Å². The molecule has 1 aromatic rings. The maximum Gasteiger partial charge on any atom is 0.420 e. The van der Waals surface area contributed by atoms with Gasteiger partial charge in [0.05, 0.1) is 23.8 Å². The Morgan fingerprint density at radius 3 is 2.29 bits per heavy atom. The zero-order chi connectivity index (χ0) is 16.1. The van der Waals surface area contributed by atoms with Gasteiger partial charge < -0.3 is 4.74 Å². The van der Waals surface area contributed by atoms with Crippen molar-refractivity contribution in [3.63, 3.8) is 0 Å². The number of alkyl halides is 4. The van der Waals surface area contributed by atoms with Crippen LogP contribution >= 0.6 is 15.9 Å². The Morgan fingerprint density at radius 1 is 1.24 bits per heavy atom. The smallest absolute Gasteiger partial charge is 0.420 e. The van der Waals surface area contributed by atoms with Crippen molar-refractivity contribution in [1.29, 1.82) is 5.26 Å². The summed E-state index contributed by atoms with van der Waals surface area (Å²) in [6.07, 6.45) is -2.95. The summed E-state index contributed by atoms with van der Waals surface area (Å²) >= 11 is 3.40. The van der Waals surface area contributed by atoms with Gasteiger partial charge in [0.15, 0.2) is 0 Å². The van der Waals surface area contributed by atoms with Crippen molar-refractivity contribution in [2.24, 2.45) is 5.41 Å². The monoisotopic (exact) mass is 363 g/mol. The number of hydrogen-bond donors (Lipinski definition) is 0. The highest BCUT2D eigenvalue weighted by atomic mass is 79.9. The predicted octanol–water partition coefficient (Wildman–Crippen LogP) is 5.16. The predicted molar refractivity (Wildman–Crippen MR) is 78.5 cm³/mol. The van der Waals surface area contributed by atoms with E-state index >= 15 is 0 Å². The largest absolute Gasteiger partial charge is 0.492 e. The molecule has 0 aromatic heterocycles. The third kappa shape index (κ3) is 4.37. The molecule has 0 aliphatic rings. The molecule has 0 bridgehead atoms. The SMILES string of the molecule is CCC(CC)(CBr)COc1ccc(C#N)cc1C(F)(F)F. The van der Waals surface area contributed by atoms with Gasteiger partial charge in [0.1, 0.15) is 5.75 Å². The molecule has 0 unspecified atom stereocenters. The molecule has 0 N–H and O–H groups in total. The molecule has 0 atom stereocenters. The van der Waals surface area contributed by atoms with Crippen LogP contribution in [-0.4, -0.2) is 11.9 Å². The fraction of sp³-hybridized carbons (Fsp3) is 0.533. The molecule has 0 heterocycles. The van der Waals surface area contributed by atoms with Gasteiger partial charge in [0, 0.05) is 10.7 Å². The molecule has 0 aliphatic carbocycles. The summed E-state index contributed by atoms with van der Waals surface area (Å²) in [7, 11) is 0. The fourth-order valence-electron chi connectivity index (χ4n) is 1.86. The standard InChI is InChI=1S/C15H17BrF3NO/c1-3-14(4-2,9-16)10-21-13-6-5-11(8-20)7-12(13)15(17,18)19/h5-7H,3-4,9-10H2,1-2H3. The molecular formula is C15H17BrF3NO. The summed E-state index contributed by atoms with van der Waals surface area (Å²) in [5.74, 6) is -0.228. The van der Waals surface area contributed by atoms with Crippen LogP contribution in [0.15, 0.2) is 18.2 Å². The Morgan fingerprint density at radius 2 is 1.86 bits per heavy atom. The minimum atomic E-state index is -4.54. The van der Waals surface area contributed by atoms with Gasteiger partial charge in [-0.25, -0.2) is 0 Å². The van der Waals surface area contributed by atoms with Crippen LogP contribution in [0.1, 0.15) is 37.8 Å². The molecule has 116 valence electrons. The summed E-state index contributed by atoms with van der Waals surface area (Å²) in [4.78, 5) is 0. The van der Waals surface area contributed by atoms with E-state index in [-0.39, 0.29) is 23.3 Å². The van der Waals surface area contributed by atoms with Crippen LogP contribution in [0.3, 0.4) is 0 Å². The van der Waals surface area contributed by atoms with Crippen molar-refractivity contribution in [1.82, 2.24) is 0 Å². The molecule has 2 nitrogen and oxygen atoms in total. The van der Waals surface area contributed by atoms with Gasteiger partial charge in [-0.05, 0) is 31.0 Å². The summed E-state index contributed by atoms with van der Waals surface area (Å²) in [6, 6.07) is 5.08. The molecule has 6 heteroatoms. The van der Waals surface area contributed by atoms with Crippen molar-refractivity contribution in [2.75, 3.05) is 11.9 Å². The van der Waals surface area contributed by atoms with Crippen LogP contribution in [0.2, 0.25) is 0 Å². The number of nitriles is 1. The Balaban J connectivity index is 3.06. The first-order valence-corrected chi connectivity index (χ1v) is 7.74. The minimum Gasteiger partial charge on any atom is -0.492 e. The highest BCUT2D eigenvalue weighted by molar-refractivity contribution is 9.09. The Labute approximate surface area is 131 Å². The maximum absolute atomic E-state index is 13.0. The van der Waals surface area contributed by atoms with Gasteiger partial charge in [-0.3, -0.25) is 0 Å². The van der Waals surface area contributed by atoms with E-state index in [2.05, 4.69) is 15.9 Å². The van der Waals surface area contributed by atoms with Crippen LogP contribution in [-0.2, 0) is 6.18 Å². The lowest BCUT2D eigenvalue weighted by molar-refractivity contribution is -0.139. The highest BCUT2D eigenvalue weighted by Crippen LogP contribution is 2.38. The molecular weight excluding hydrogens is 347 g/mol. The second kappa shape index (κ2) is 7.17. The van der Waals surface area contributed by atoms with Crippen molar-refractivity contribution in [2.45, 2.75) is 32.9 Å². The maximum atomic E-state index is 13.0.